The maximum absolute atomic E-state index is 12.7. The third-order valence-corrected chi connectivity index (χ3v) is 5.61. The molecular weight excluding hydrogens is 404 g/mol. The first-order chi connectivity index (χ1) is 14.7. The number of amides is 1. The lowest BCUT2D eigenvalue weighted by molar-refractivity contribution is 0.0768. The summed E-state index contributed by atoms with van der Waals surface area (Å²) in [5.74, 6) is 0.812. The third-order valence-electron chi connectivity index (χ3n) is 5.44. The number of piperazine rings is 1. The number of fused-ring (bicyclic) bond motifs is 1. The molecule has 2 aliphatic rings. The molecule has 2 aliphatic heterocycles. The van der Waals surface area contributed by atoms with Gasteiger partial charge in [-0.15, -0.1) is 0 Å². The molecule has 1 fully saturated rings. The predicted octanol–water partition coefficient (Wildman–Crippen LogP) is 2.52. The van der Waals surface area contributed by atoms with E-state index in [1.165, 1.54) is 0 Å². The normalized spacial score (nSPS) is 18.5. The number of nitrogens with one attached hydrogen (secondary N) is 1. The number of nitriles is 1. The van der Waals surface area contributed by atoms with Gasteiger partial charge in [0.15, 0.2) is 0 Å². The van der Waals surface area contributed by atoms with Crippen LogP contribution in [0.5, 0.6) is 0 Å². The summed E-state index contributed by atoms with van der Waals surface area (Å²) in [5, 5.41) is 12.8. The van der Waals surface area contributed by atoms with Crippen LogP contribution >= 0.6 is 11.6 Å². The number of aromatic nitrogens is 2. The van der Waals surface area contributed by atoms with Crippen LogP contribution < -0.4 is 10.2 Å². The first-order valence-electron chi connectivity index (χ1n) is 10.0. The zero-order chi connectivity index (χ0) is 20.9. The van der Waals surface area contributed by atoms with Gasteiger partial charge in [-0.1, -0.05) is 30.3 Å². The molecule has 8 nitrogen and oxygen atoms in total. The maximum atomic E-state index is 12.7. The highest BCUT2D eigenvalue weighted by Gasteiger charge is 2.33. The highest BCUT2D eigenvalue weighted by atomic mass is 35.5. The van der Waals surface area contributed by atoms with E-state index in [1.807, 2.05) is 30.3 Å². The Morgan fingerprint density at radius 1 is 1.30 bits per heavy atom. The molecule has 1 aromatic heterocycles. The summed E-state index contributed by atoms with van der Waals surface area (Å²) in [5.41, 5.74) is 2.93. The largest absolute Gasteiger partial charge is 0.445 e. The molecule has 2 aromatic rings. The van der Waals surface area contributed by atoms with Gasteiger partial charge in [0.2, 0.25) is 5.28 Å². The molecule has 4 rings (SSSR count). The van der Waals surface area contributed by atoms with E-state index in [2.05, 4.69) is 26.3 Å². The van der Waals surface area contributed by atoms with Gasteiger partial charge < -0.3 is 19.9 Å². The summed E-state index contributed by atoms with van der Waals surface area (Å²) in [6.07, 6.45) is 0.648. The molecule has 1 N–H and O–H groups in total. The number of rotatable bonds is 4. The quantitative estimate of drug-likeness (QED) is 0.750. The number of benzene rings is 1. The number of carbonyl (C=O) groups excluding carboxylic acids is 1. The molecule has 30 heavy (non-hydrogen) atoms. The molecule has 1 aromatic carbocycles. The van der Waals surface area contributed by atoms with Crippen LogP contribution in [0, 0.1) is 11.3 Å². The molecular formula is C21H23ClN6O2. The molecule has 1 amide bonds. The van der Waals surface area contributed by atoms with Gasteiger partial charge in [0.05, 0.1) is 24.2 Å². The Morgan fingerprint density at radius 3 is 2.93 bits per heavy atom. The van der Waals surface area contributed by atoms with Gasteiger partial charge in [0.1, 0.15) is 12.4 Å². The molecule has 156 valence electrons. The van der Waals surface area contributed by atoms with Crippen LogP contribution in [-0.4, -0.2) is 53.2 Å². The first-order valence-corrected chi connectivity index (χ1v) is 10.4. The van der Waals surface area contributed by atoms with Gasteiger partial charge in [0.25, 0.3) is 0 Å². The Hall–Kier alpha value is -2.89. The molecule has 9 heteroatoms. The molecule has 1 saturated heterocycles. The summed E-state index contributed by atoms with van der Waals surface area (Å²) in [6, 6.07) is 11.5. The maximum Gasteiger partial charge on any atom is 0.410 e. The van der Waals surface area contributed by atoms with E-state index in [1.54, 1.807) is 4.90 Å². The van der Waals surface area contributed by atoms with E-state index in [4.69, 9.17) is 16.3 Å². The number of nitrogens with zero attached hydrogens (tertiary/aromatic N) is 5. The molecule has 0 radical (unpaired) electrons. The van der Waals surface area contributed by atoms with E-state index in [-0.39, 0.29) is 24.4 Å². The van der Waals surface area contributed by atoms with Crippen molar-refractivity contribution in [1.29, 1.82) is 5.26 Å². The zero-order valence-electron chi connectivity index (χ0n) is 16.6. The fourth-order valence-electron chi connectivity index (χ4n) is 3.94. The van der Waals surface area contributed by atoms with Crippen LogP contribution in [0.3, 0.4) is 0 Å². The summed E-state index contributed by atoms with van der Waals surface area (Å²) >= 11 is 6.16. The number of hydrogen-bond donors (Lipinski definition) is 1. The van der Waals surface area contributed by atoms with Crippen molar-refractivity contribution in [3.63, 3.8) is 0 Å². The molecule has 0 saturated carbocycles. The van der Waals surface area contributed by atoms with E-state index in [0.29, 0.717) is 26.2 Å². The van der Waals surface area contributed by atoms with Crippen molar-refractivity contribution in [3.8, 4) is 6.07 Å². The standard InChI is InChI=1S/C21H23ClN6O2/c22-20-25-18-12-24-9-7-17(18)19(26-20)27-10-11-28(16(13-27)6-8-23)21(29)30-14-15-4-2-1-3-5-15/h1-5,16,24H,6-7,9-14H2/t16-/m0/s1. The van der Waals surface area contributed by atoms with Gasteiger partial charge in [-0.2, -0.15) is 5.26 Å². The second-order valence-corrected chi connectivity index (χ2v) is 7.70. The Morgan fingerprint density at radius 2 is 2.13 bits per heavy atom. The van der Waals surface area contributed by atoms with Gasteiger partial charge in [-0.25, -0.2) is 14.8 Å². The monoisotopic (exact) mass is 426 g/mol. The fourth-order valence-corrected chi connectivity index (χ4v) is 4.12. The zero-order valence-corrected chi connectivity index (χ0v) is 17.3. The molecule has 3 heterocycles. The van der Waals surface area contributed by atoms with Crippen LogP contribution in [0.1, 0.15) is 23.2 Å². The lowest BCUT2D eigenvalue weighted by atomic mass is 10.0. The highest BCUT2D eigenvalue weighted by Crippen LogP contribution is 2.28. The fraction of sp³-hybridized carbons (Fsp3) is 0.429. The van der Waals surface area contributed by atoms with Crippen LogP contribution in [0.2, 0.25) is 5.28 Å². The summed E-state index contributed by atoms with van der Waals surface area (Å²) in [6.45, 7) is 3.28. The average molecular weight is 427 g/mol. The van der Waals surface area contributed by atoms with Gasteiger partial charge >= 0.3 is 6.09 Å². The van der Waals surface area contributed by atoms with Crippen molar-refractivity contribution in [2.45, 2.75) is 32.0 Å². The minimum Gasteiger partial charge on any atom is -0.445 e. The lowest BCUT2D eigenvalue weighted by Crippen LogP contribution is -2.55. The van der Waals surface area contributed by atoms with Crippen molar-refractivity contribution >= 4 is 23.5 Å². The van der Waals surface area contributed by atoms with Gasteiger partial charge in [-0.3, -0.25) is 0 Å². The van der Waals surface area contributed by atoms with E-state index < -0.39 is 6.09 Å². The average Bonchev–Trinajstić information content (AvgIpc) is 2.78. The van der Waals surface area contributed by atoms with Crippen molar-refractivity contribution < 1.29 is 9.53 Å². The second-order valence-electron chi connectivity index (χ2n) is 7.36. The van der Waals surface area contributed by atoms with E-state index in [0.717, 1.165) is 35.6 Å². The molecule has 1 atom stereocenters. The van der Waals surface area contributed by atoms with Crippen molar-refractivity contribution in [2.24, 2.45) is 0 Å². The Labute approximate surface area is 180 Å². The van der Waals surface area contributed by atoms with Crippen molar-refractivity contribution in [2.75, 3.05) is 31.1 Å². The molecule has 0 bridgehead atoms. The topological polar surface area (TPSA) is 94.4 Å². The number of halogens is 1. The van der Waals surface area contributed by atoms with E-state index >= 15 is 0 Å². The Bertz CT molecular complexity index is 949. The van der Waals surface area contributed by atoms with Gasteiger partial charge in [-0.05, 0) is 30.1 Å². The van der Waals surface area contributed by atoms with Crippen LogP contribution in [0.4, 0.5) is 10.6 Å². The van der Waals surface area contributed by atoms with E-state index in [9.17, 15) is 10.1 Å². The third kappa shape index (κ3) is 4.48. The van der Waals surface area contributed by atoms with Crippen LogP contribution in [-0.2, 0) is 24.3 Å². The number of carbonyl (C=O) groups is 1. The van der Waals surface area contributed by atoms with Crippen molar-refractivity contribution in [1.82, 2.24) is 20.2 Å². The number of anilines is 1. The van der Waals surface area contributed by atoms with Crippen LogP contribution in [0.25, 0.3) is 0 Å². The second kappa shape index (κ2) is 9.28. The number of ether oxygens (including phenoxy) is 1. The summed E-state index contributed by atoms with van der Waals surface area (Å²) in [7, 11) is 0. The minimum atomic E-state index is -0.397. The summed E-state index contributed by atoms with van der Waals surface area (Å²) < 4.78 is 5.50. The minimum absolute atomic E-state index is 0.210. The SMILES string of the molecule is N#CC[C@H]1CN(c2nc(Cl)nc3c2CCNC3)CCN1C(=O)OCc1ccccc1. The Kier molecular flexibility index (Phi) is 6.31. The smallest absolute Gasteiger partial charge is 0.410 e. The van der Waals surface area contributed by atoms with Crippen molar-refractivity contribution in [3.05, 3.63) is 52.4 Å². The Balaban J connectivity index is 1.48. The lowest BCUT2D eigenvalue weighted by Gasteiger charge is -2.41. The summed E-state index contributed by atoms with van der Waals surface area (Å²) in [4.78, 5) is 25.3. The molecule has 0 spiro atoms. The van der Waals surface area contributed by atoms with Gasteiger partial charge in [0, 0.05) is 31.7 Å². The number of hydrogen-bond acceptors (Lipinski definition) is 7. The highest BCUT2D eigenvalue weighted by molar-refractivity contribution is 6.28. The predicted molar refractivity (Wildman–Crippen MR) is 112 cm³/mol. The first kappa shape index (κ1) is 20.4. The van der Waals surface area contributed by atoms with Crippen LogP contribution in [0.15, 0.2) is 30.3 Å². The molecule has 0 aliphatic carbocycles. The molecule has 0 unspecified atom stereocenters.